The molecule has 0 fully saturated rings. The molecule has 172 valence electrons. The van der Waals surface area contributed by atoms with E-state index in [4.69, 9.17) is 14.0 Å². The van der Waals surface area contributed by atoms with Crippen LogP contribution in [-0.4, -0.2) is 38.1 Å². The van der Waals surface area contributed by atoms with E-state index in [0.717, 1.165) is 31.4 Å². The van der Waals surface area contributed by atoms with Crippen molar-refractivity contribution in [3.8, 4) is 11.5 Å². The van der Waals surface area contributed by atoms with Crippen LogP contribution in [0.4, 0.5) is 0 Å². The zero-order valence-corrected chi connectivity index (χ0v) is 21.4. The van der Waals surface area contributed by atoms with Gasteiger partial charge in [-0.25, -0.2) is 4.79 Å². The Morgan fingerprint density at radius 3 is 2.42 bits per heavy atom. The molecule has 0 heterocycles. The van der Waals surface area contributed by atoms with Crippen LogP contribution in [0.5, 0.6) is 11.5 Å². The fourth-order valence-corrected chi connectivity index (χ4v) is 5.10. The Morgan fingerprint density at radius 2 is 1.76 bits per heavy atom. The molecular formula is C24H21IO6S2. The Kier molecular flexibility index (Phi) is 8.81. The van der Waals surface area contributed by atoms with Crippen molar-refractivity contribution >= 4 is 56.0 Å². The third-order valence-corrected chi connectivity index (χ3v) is 6.53. The Balaban J connectivity index is 1.82. The lowest BCUT2D eigenvalue weighted by Crippen LogP contribution is -2.10. The predicted molar refractivity (Wildman–Crippen MR) is 138 cm³/mol. The zero-order valence-electron chi connectivity index (χ0n) is 17.6. The first-order chi connectivity index (χ1) is 15.7. The molecule has 33 heavy (non-hydrogen) atoms. The van der Waals surface area contributed by atoms with Crippen LogP contribution in [0.2, 0.25) is 0 Å². The third kappa shape index (κ3) is 8.09. The van der Waals surface area contributed by atoms with Gasteiger partial charge in [-0.05, 0) is 69.6 Å². The van der Waals surface area contributed by atoms with Crippen LogP contribution in [0.1, 0.15) is 11.1 Å². The first-order valence-electron chi connectivity index (χ1n) is 9.74. The van der Waals surface area contributed by atoms with Crippen molar-refractivity contribution in [1.29, 1.82) is 0 Å². The van der Waals surface area contributed by atoms with E-state index in [1.54, 1.807) is 36.0 Å². The minimum atomic E-state index is -3.62. The molecule has 3 aromatic carbocycles. The molecule has 0 atom stereocenters. The minimum absolute atomic E-state index is 0.260. The number of benzene rings is 3. The normalized spacial score (nSPS) is 11.8. The summed E-state index contributed by atoms with van der Waals surface area (Å²) in [6.45, 7) is -0.381. The quantitative estimate of drug-likeness (QED) is 0.193. The van der Waals surface area contributed by atoms with Crippen molar-refractivity contribution in [2.45, 2.75) is 4.90 Å². The summed E-state index contributed by atoms with van der Waals surface area (Å²) in [5.74, 6) is 0.433. The van der Waals surface area contributed by atoms with Gasteiger partial charge in [-0.2, -0.15) is 8.42 Å². The van der Waals surface area contributed by atoms with E-state index < -0.39 is 16.1 Å². The fourth-order valence-electron chi connectivity index (χ4n) is 2.96. The molecule has 0 aliphatic carbocycles. The van der Waals surface area contributed by atoms with Crippen LogP contribution in [0, 0.1) is 3.57 Å². The minimum Gasteiger partial charge on any atom is -0.481 e. The summed E-state index contributed by atoms with van der Waals surface area (Å²) < 4.78 is 34.2. The smallest absolute Gasteiger partial charge is 0.341 e. The molecule has 0 aromatic heterocycles. The number of carbonyl (C=O) groups is 1. The highest BCUT2D eigenvalue weighted by Gasteiger charge is 2.10. The van der Waals surface area contributed by atoms with Gasteiger partial charge in [0.05, 0.1) is 9.83 Å². The number of hydrogen-bond donors (Lipinski definition) is 1. The molecule has 3 rings (SSSR count). The Bertz CT molecular complexity index is 1260. The Hall–Kier alpha value is -2.50. The van der Waals surface area contributed by atoms with E-state index in [-0.39, 0.29) is 12.4 Å². The molecule has 0 unspecified atom stereocenters. The summed E-state index contributed by atoms with van der Waals surface area (Å²) in [5.41, 5.74) is 2.80. The number of aliphatic carboxylic acids is 1. The van der Waals surface area contributed by atoms with E-state index in [2.05, 4.69) is 28.7 Å². The number of ether oxygens (including phenoxy) is 1. The van der Waals surface area contributed by atoms with Crippen LogP contribution < -0.4 is 8.92 Å². The maximum atomic E-state index is 11.5. The van der Waals surface area contributed by atoms with Gasteiger partial charge in [0.15, 0.2) is 6.61 Å². The van der Waals surface area contributed by atoms with Crippen molar-refractivity contribution in [3.63, 3.8) is 0 Å². The molecule has 0 aliphatic heterocycles. The molecule has 1 N–H and O–H groups in total. The second-order valence-corrected chi connectivity index (χ2v) is 10.7. The van der Waals surface area contributed by atoms with Gasteiger partial charge in [0.25, 0.3) is 0 Å². The molecular weight excluding hydrogens is 575 g/mol. The summed E-state index contributed by atoms with van der Waals surface area (Å²) in [7, 11) is -3.62. The second kappa shape index (κ2) is 11.6. The third-order valence-electron chi connectivity index (χ3n) is 4.27. The van der Waals surface area contributed by atoms with Crippen molar-refractivity contribution in [2.24, 2.45) is 0 Å². The standard InChI is InChI=1S/C24H21IO6S2/c1-33(28,29)31-19-9-5-8-18(14-19)21(17-6-3-2-4-7-17)12-13-32-20-10-11-23(22(25)15-20)30-16-24(26)27/h2-12,14-15H,13,16H2,1H3,(H,26,27)/b21-12-. The summed E-state index contributed by atoms with van der Waals surface area (Å²) >= 11 is 3.74. The average Bonchev–Trinajstić information content (AvgIpc) is 2.75. The van der Waals surface area contributed by atoms with Crippen molar-refractivity contribution in [3.05, 3.63) is 93.6 Å². The van der Waals surface area contributed by atoms with Crippen molar-refractivity contribution in [1.82, 2.24) is 0 Å². The molecule has 9 heteroatoms. The van der Waals surface area contributed by atoms with Gasteiger partial charge >= 0.3 is 16.1 Å². The van der Waals surface area contributed by atoms with Gasteiger partial charge < -0.3 is 14.0 Å². The van der Waals surface area contributed by atoms with Crippen molar-refractivity contribution < 1.29 is 27.2 Å². The fraction of sp³-hybridized carbons (Fsp3) is 0.125. The van der Waals surface area contributed by atoms with Crippen LogP contribution in [0.15, 0.2) is 83.8 Å². The van der Waals surface area contributed by atoms with Gasteiger partial charge in [0.2, 0.25) is 0 Å². The highest BCUT2D eigenvalue weighted by atomic mass is 127. The number of hydrogen-bond acceptors (Lipinski definition) is 6. The highest BCUT2D eigenvalue weighted by molar-refractivity contribution is 14.1. The first kappa shape index (κ1) is 25.1. The molecule has 0 spiro atoms. The zero-order chi connectivity index (χ0) is 23.8. The van der Waals surface area contributed by atoms with Crippen LogP contribution >= 0.6 is 34.4 Å². The van der Waals surface area contributed by atoms with Crippen LogP contribution in [0.25, 0.3) is 5.57 Å². The number of rotatable bonds is 10. The van der Waals surface area contributed by atoms with E-state index >= 15 is 0 Å². The van der Waals surface area contributed by atoms with Gasteiger partial charge in [0, 0.05) is 10.6 Å². The molecule has 3 aromatic rings. The van der Waals surface area contributed by atoms with E-state index in [0.29, 0.717) is 11.5 Å². The molecule has 0 saturated heterocycles. The molecule has 6 nitrogen and oxygen atoms in total. The number of carboxylic acid groups (broad SMARTS) is 1. The molecule has 0 amide bonds. The van der Waals surface area contributed by atoms with E-state index in [1.165, 1.54) is 0 Å². The Labute approximate surface area is 210 Å². The summed E-state index contributed by atoms with van der Waals surface area (Å²) in [6, 6.07) is 22.4. The molecule has 0 radical (unpaired) electrons. The van der Waals surface area contributed by atoms with Gasteiger partial charge in [-0.3, -0.25) is 0 Å². The maximum absolute atomic E-state index is 11.5. The second-order valence-electron chi connectivity index (χ2n) is 6.88. The Morgan fingerprint density at radius 1 is 1.03 bits per heavy atom. The van der Waals surface area contributed by atoms with Gasteiger partial charge in [-0.15, -0.1) is 11.8 Å². The lowest BCUT2D eigenvalue weighted by molar-refractivity contribution is -0.139. The lowest BCUT2D eigenvalue weighted by Gasteiger charge is -2.11. The topological polar surface area (TPSA) is 89.9 Å². The van der Waals surface area contributed by atoms with E-state index in [1.807, 2.05) is 48.5 Å². The summed E-state index contributed by atoms with van der Waals surface area (Å²) in [4.78, 5) is 11.7. The predicted octanol–water partition coefficient (Wildman–Crippen LogP) is 5.32. The molecule has 0 saturated carbocycles. The highest BCUT2D eigenvalue weighted by Crippen LogP contribution is 2.30. The van der Waals surface area contributed by atoms with Gasteiger partial charge in [-0.1, -0.05) is 48.5 Å². The number of thioether (sulfide) groups is 1. The molecule has 0 bridgehead atoms. The largest absolute Gasteiger partial charge is 0.481 e. The lowest BCUT2D eigenvalue weighted by atomic mass is 9.98. The van der Waals surface area contributed by atoms with Crippen LogP contribution in [-0.2, 0) is 14.9 Å². The van der Waals surface area contributed by atoms with Gasteiger partial charge in [0.1, 0.15) is 11.5 Å². The summed E-state index contributed by atoms with van der Waals surface area (Å²) in [6.07, 6.45) is 3.10. The summed E-state index contributed by atoms with van der Waals surface area (Å²) in [5, 5.41) is 8.77. The van der Waals surface area contributed by atoms with E-state index in [9.17, 15) is 13.2 Å². The van der Waals surface area contributed by atoms with Crippen LogP contribution in [0.3, 0.4) is 0 Å². The first-order valence-corrected chi connectivity index (χ1v) is 13.6. The average molecular weight is 596 g/mol. The maximum Gasteiger partial charge on any atom is 0.341 e. The SMILES string of the molecule is CS(=O)(=O)Oc1cccc(/C(=C\CSc2ccc(OCC(=O)O)c(I)c2)c2ccccc2)c1. The monoisotopic (exact) mass is 596 g/mol. The number of halogens is 1. The molecule has 0 aliphatic rings. The van der Waals surface area contributed by atoms with Crippen molar-refractivity contribution in [2.75, 3.05) is 18.6 Å². The number of carboxylic acids is 1.